The number of aromatic carboxylic acids is 1. The van der Waals surface area contributed by atoms with E-state index in [-0.39, 0.29) is 17.6 Å². The van der Waals surface area contributed by atoms with E-state index in [0.717, 1.165) is 12.8 Å². The van der Waals surface area contributed by atoms with Crippen LogP contribution >= 0.6 is 0 Å². The summed E-state index contributed by atoms with van der Waals surface area (Å²) in [4.78, 5) is 31.3. The molecule has 2 aliphatic heterocycles. The minimum Gasteiger partial charge on any atom is -0.478 e. The van der Waals surface area contributed by atoms with Crippen LogP contribution in [0.4, 0.5) is 5.82 Å². The van der Waals surface area contributed by atoms with Crippen LogP contribution in [-0.4, -0.2) is 65.8 Å². The van der Waals surface area contributed by atoms with Gasteiger partial charge in [0.1, 0.15) is 11.9 Å². The van der Waals surface area contributed by atoms with Crippen LogP contribution in [-0.2, 0) is 9.53 Å². The van der Waals surface area contributed by atoms with Crippen molar-refractivity contribution in [3.05, 3.63) is 23.9 Å². The number of carboxylic acid groups (broad SMARTS) is 1. The van der Waals surface area contributed by atoms with Gasteiger partial charge in [0.05, 0.1) is 5.56 Å². The molecule has 0 aliphatic carbocycles. The fourth-order valence-electron chi connectivity index (χ4n) is 2.86. The maximum Gasteiger partial charge on any atom is 0.335 e. The van der Waals surface area contributed by atoms with E-state index in [0.29, 0.717) is 38.6 Å². The van der Waals surface area contributed by atoms with E-state index in [2.05, 4.69) is 4.98 Å². The van der Waals surface area contributed by atoms with E-state index in [1.54, 1.807) is 6.07 Å². The van der Waals surface area contributed by atoms with Gasteiger partial charge in [-0.15, -0.1) is 0 Å². The van der Waals surface area contributed by atoms with Crippen LogP contribution in [0.5, 0.6) is 0 Å². The van der Waals surface area contributed by atoms with E-state index in [4.69, 9.17) is 9.84 Å². The van der Waals surface area contributed by atoms with E-state index < -0.39 is 5.97 Å². The Bertz CT molecular complexity index is 564. The van der Waals surface area contributed by atoms with Crippen LogP contribution in [0, 0.1) is 0 Å². The first-order chi connectivity index (χ1) is 10.6. The lowest BCUT2D eigenvalue weighted by molar-refractivity contribution is -0.141. The zero-order valence-electron chi connectivity index (χ0n) is 12.3. The number of ether oxygens (including phenoxy) is 1. The number of piperazine rings is 1. The molecule has 1 N–H and O–H groups in total. The zero-order valence-corrected chi connectivity index (χ0v) is 12.3. The number of hydrogen-bond acceptors (Lipinski definition) is 5. The van der Waals surface area contributed by atoms with Crippen molar-refractivity contribution in [2.75, 3.05) is 37.7 Å². The van der Waals surface area contributed by atoms with Gasteiger partial charge in [-0.1, -0.05) is 0 Å². The lowest BCUT2D eigenvalue weighted by Crippen LogP contribution is -2.51. The molecule has 7 nitrogen and oxygen atoms in total. The molecule has 1 aromatic rings. The molecule has 2 fully saturated rings. The molecule has 1 amide bonds. The van der Waals surface area contributed by atoms with Crippen LogP contribution in [0.25, 0.3) is 0 Å². The third-order valence-electron chi connectivity index (χ3n) is 4.11. The number of amides is 1. The summed E-state index contributed by atoms with van der Waals surface area (Å²) >= 11 is 0. The van der Waals surface area contributed by atoms with Crippen LogP contribution in [0.2, 0.25) is 0 Å². The van der Waals surface area contributed by atoms with E-state index >= 15 is 0 Å². The molecular formula is C15H19N3O4. The zero-order chi connectivity index (χ0) is 15.5. The fraction of sp³-hybridized carbons (Fsp3) is 0.533. The van der Waals surface area contributed by atoms with Crippen LogP contribution < -0.4 is 4.90 Å². The van der Waals surface area contributed by atoms with E-state index in [1.165, 1.54) is 12.3 Å². The molecule has 22 heavy (non-hydrogen) atoms. The van der Waals surface area contributed by atoms with Crippen LogP contribution in [0.1, 0.15) is 23.2 Å². The van der Waals surface area contributed by atoms with Gasteiger partial charge in [0.25, 0.3) is 5.91 Å². The topological polar surface area (TPSA) is 83.0 Å². The number of pyridine rings is 1. The van der Waals surface area contributed by atoms with Crippen molar-refractivity contribution in [2.45, 2.75) is 18.9 Å². The highest BCUT2D eigenvalue weighted by atomic mass is 16.5. The number of aromatic nitrogens is 1. The first-order valence-electron chi connectivity index (χ1n) is 7.50. The van der Waals surface area contributed by atoms with Crippen molar-refractivity contribution in [3.8, 4) is 0 Å². The first-order valence-corrected chi connectivity index (χ1v) is 7.50. The predicted octanol–water partition coefficient (Wildman–Crippen LogP) is 0.607. The van der Waals surface area contributed by atoms with Gasteiger partial charge in [0.2, 0.25) is 0 Å². The number of rotatable bonds is 3. The van der Waals surface area contributed by atoms with Gasteiger partial charge < -0.3 is 19.6 Å². The van der Waals surface area contributed by atoms with Gasteiger partial charge >= 0.3 is 5.97 Å². The van der Waals surface area contributed by atoms with Crippen molar-refractivity contribution in [1.29, 1.82) is 0 Å². The molecule has 3 rings (SSSR count). The summed E-state index contributed by atoms with van der Waals surface area (Å²) in [6, 6.07) is 3.04. The van der Waals surface area contributed by atoms with Crippen molar-refractivity contribution in [1.82, 2.24) is 9.88 Å². The minimum absolute atomic E-state index is 0.0735. The average molecular weight is 305 g/mol. The molecular weight excluding hydrogens is 286 g/mol. The van der Waals surface area contributed by atoms with Crippen molar-refractivity contribution in [2.24, 2.45) is 0 Å². The molecule has 118 valence electrons. The van der Waals surface area contributed by atoms with Gasteiger partial charge in [-0.25, -0.2) is 9.78 Å². The molecule has 1 atom stereocenters. The Morgan fingerprint density at radius 2 is 2.05 bits per heavy atom. The summed E-state index contributed by atoms with van der Waals surface area (Å²) in [5, 5.41) is 9.03. The highest BCUT2D eigenvalue weighted by Gasteiger charge is 2.30. The highest BCUT2D eigenvalue weighted by Crippen LogP contribution is 2.18. The Labute approximate surface area is 128 Å². The molecule has 2 aliphatic rings. The summed E-state index contributed by atoms with van der Waals surface area (Å²) in [6.45, 7) is 3.18. The second-order valence-corrected chi connectivity index (χ2v) is 5.52. The summed E-state index contributed by atoms with van der Waals surface area (Å²) in [5.41, 5.74) is 0.225. The monoisotopic (exact) mass is 305 g/mol. The Balaban J connectivity index is 1.60. The Kier molecular flexibility index (Phi) is 4.24. The Morgan fingerprint density at radius 1 is 1.27 bits per heavy atom. The average Bonchev–Trinajstić information content (AvgIpc) is 3.09. The number of hydrogen-bond donors (Lipinski definition) is 1. The number of anilines is 1. The van der Waals surface area contributed by atoms with Gasteiger partial charge in [-0.05, 0) is 25.0 Å². The molecule has 1 unspecified atom stereocenters. The lowest BCUT2D eigenvalue weighted by atomic mass is 10.2. The Morgan fingerprint density at radius 3 is 2.68 bits per heavy atom. The van der Waals surface area contributed by atoms with Crippen molar-refractivity contribution in [3.63, 3.8) is 0 Å². The van der Waals surface area contributed by atoms with Gasteiger partial charge in [0.15, 0.2) is 0 Å². The van der Waals surface area contributed by atoms with Gasteiger partial charge in [0, 0.05) is 39.0 Å². The molecule has 7 heteroatoms. The predicted molar refractivity (Wildman–Crippen MR) is 79.0 cm³/mol. The molecule has 0 radical (unpaired) electrons. The number of carboxylic acids is 1. The first kappa shape index (κ1) is 14.8. The second kappa shape index (κ2) is 6.31. The largest absolute Gasteiger partial charge is 0.478 e. The number of carbonyl (C=O) groups is 2. The second-order valence-electron chi connectivity index (χ2n) is 5.52. The maximum absolute atomic E-state index is 12.3. The fourth-order valence-corrected chi connectivity index (χ4v) is 2.86. The minimum atomic E-state index is -0.962. The molecule has 3 heterocycles. The number of carbonyl (C=O) groups excluding carboxylic acids is 1. The maximum atomic E-state index is 12.3. The third kappa shape index (κ3) is 3.04. The summed E-state index contributed by atoms with van der Waals surface area (Å²) in [7, 11) is 0. The SMILES string of the molecule is O=C(O)c1ccnc(N2CCN(C(=O)C3CCCO3)CC2)c1. The molecule has 1 aromatic heterocycles. The normalized spacial score (nSPS) is 21.9. The number of nitrogens with zero attached hydrogens (tertiary/aromatic N) is 3. The molecule has 0 saturated carbocycles. The van der Waals surface area contributed by atoms with E-state index in [1.807, 2.05) is 9.80 Å². The Hall–Kier alpha value is -2.15. The van der Waals surface area contributed by atoms with Crippen molar-refractivity contribution < 1.29 is 19.4 Å². The molecule has 2 saturated heterocycles. The summed E-state index contributed by atoms with van der Waals surface area (Å²) in [6.07, 6.45) is 2.98. The smallest absolute Gasteiger partial charge is 0.335 e. The summed E-state index contributed by atoms with van der Waals surface area (Å²) < 4.78 is 5.44. The van der Waals surface area contributed by atoms with E-state index in [9.17, 15) is 9.59 Å². The lowest BCUT2D eigenvalue weighted by Gasteiger charge is -2.36. The van der Waals surface area contributed by atoms with Gasteiger partial charge in [-0.2, -0.15) is 0 Å². The summed E-state index contributed by atoms with van der Waals surface area (Å²) in [5.74, 6) is -0.246. The van der Waals surface area contributed by atoms with Crippen molar-refractivity contribution >= 4 is 17.7 Å². The highest BCUT2D eigenvalue weighted by molar-refractivity contribution is 5.88. The molecule has 0 aromatic carbocycles. The standard InChI is InChI=1S/C15H19N3O4/c19-14(12-2-1-9-22-12)18-7-5-17(6-8-18)13-10-11(15(20)21)3-4-16-13/h3-4,10,12H,1-2,5-9H2,(H,20,21). The molecule has 0 spiro atoms. The quantitative estimate of drug-likeness (QED) is 0.881. The van der Waals surface area contributed by atoms with Crippen LogP contribution in [0.15, 0.2) is 18.3 Å². The van der Waals surface area contributed by atoms with Gasteiger partial charge in [-0.3, -0.25) is 4.79 Å². The molecule has 0 bridgehead atoms. The third-order valence-corrected chi connectivity index (χ3v) is 4.11. The van der Waals surface area contributed by atoms with Crippen LogP contribution in [0.3, 0.4) is 0 Å².